The fourth-order valence-electron chi connectivity index (χ4n) is 1.52. The van der Waals surface area contributed by atoms with Crippen LogP contribution in [-0.4, -0.2) is 10.9 Å². The predicted molar refractivity (Wildman–Crippen MR) is 74.1 cm³/mol. The zero-order valence-corrected chi connectivity index (χ0v) is 11.5. The summed E-state index contributed by atoms with van der Waals surface area (Å²) in [5, 5.41) is 3.19. The molecule has 0 saturated carbocycles. The average Bonchev–Trinajstić information content (AvgIpc) is 2.84. The third-order valence-electron chi connectivity index (χ3n) is 2.48. The molecular weight excluding hydrogens is 268 g/mol. The molecule has 2 heterocycles. The topological polar surface area (TPSA) is 42.0 Å². The van der Waals surface area contributed by atoms with Crippen molar-refractivity contribution in [1.29, 1.82) is 0 Å². The van der Waals surface area contributed by atoms with E-state index >= 15 is 0 Å². The van der Waals surface area contributed by atoms with Crippen LogP contribution < -0.4 is 5.32 Å². The third kappa shape index (κ3) is 3.31. The van der Waals surface area contributed by atoms with Crippen LogP contribution in [0.4, 0.5) is 0 Å². The first-order valence-electron chi connectivity index (χ1n) is 5.66. The summed E-state index contributed by atoms with van der Waals surface area (Å²) in [6.45, 7) is 2.66. The predicted octanol–water partition coefficient (Wildman–Crippen LogP) is 3.29. The highest BCUT2D eigenvalue weighted by molar-refractivity contribution is 7.11. The minimum absolute atomic E-state index is 0.134. The minimum atomic E-state index is -0.134. The molecule has 0 aromatic carbocycles. The van der Waals surface area contributed by atoms with Crippen LogP contribution in [0.25, 0.3) is 0 Å². The first-order chi connectivity index (χ1) is 8.69. The largest absolute Gasteiger partial charge is 0.347 e. The quantitative estimate of drug-likeness (QED) is 0.873. The van der Waals surface area contributed by atoms with E-state index in [1.54, 1.807) is 23.5 Å². The number of amides is 1. The maximum atomic E-state index is 11.9. The van der Waals surface area contributed by atoms with Crippen LogP contribution in [0.5, 0.6) is 0 Å². The van der Waals surface area contributed by atoms with Crippen molar-refractivity contribution in [3.8, 4) is 0 Å². The van der Waals surface area contributed by atoms with Crippen LogP contribution in [0.1, 0.15) is 27.0 Å². The molecular formula is C13H13ClN2OS. The molecule has 1 N–H and O–H groups in total. The van der Waals surface area contributed by atoms with Crippen molar-refractivity contribution in [2.45, 2.75) is 19.9 Å². The molecule has 0 bridgehead atoms. The molecule has 2 aromatic rings. The van der Waals surface area contributed by atoms with Gasteiger partial charge in [0.05, 0.1) is 6.54 Å². The second kappa shape index (κ2) is 5.98. The van der Waals surface area contributed by atoms with Crippen molar-refractivity contribution in [3.63, 3.8) is 0 Å². The van der Waals surface area contributed by atoms with Crippen molar-refractivity contribution in [2.24, 2.45) is 0 Å². The van der Waals surface area contributed by atoms with Crippen molar-refractivity contribution in [2.75, 3.05) is 0 Å². The monoisotopic (exact) mass is 280 g/mol. The fourth-order valence-corrected chi connectivity index (χ4v) is 2.59. The summed E-state index contributed by atoms with van der Waals surface area (Å²) in [7, 11) is 0. The molecule has 2 rings (SSSR count). The second-order valence-electron chi connectivity index (χ2n) is 3.77. The zero-order valence-electron chi connectivity index (χ0n) is 9.94. The summed E-state index contributed by atoms with van der Waals surface area (Å²) in [5.74, 6) is -0.134. The molecule has 3 nitrogen and oxygen atoms in total. The number of nitrogens with one attached hydrogen (secondary N) is 1. The summed E-state index contributed by atoms with van der Waals surface area (Å²) >= 11 is 7.46. The minimum Gasteiger partial charge on any atom is -0.347 e. The second-order valence-corrected chi connectivity index (χ2v) is 5.41. The molecule has 2 aromatic heterocycles. The molecule has 0 saturated heterocycles. The lowest BCUT2D eigenvalue weighted by atomic mass is 10.2. The molecule has 1 amide bonds. The number of aromatic nitrogens is 1. The van der Waals surface area contributed by atoms with Gasteiger partial charge in [-0.3, -0.25) is 4.79 Å². The van der Waals surface area contributed by atoms with Gasteiger partial charge in [0.25, 0.3) is 5.91 Å². The average molecular weight is 281 g/mol. The van der Waals surface area contributed by atoms with Gasteiger partial charge in [0, 0.05) is 21.5 Å². The maximum Gasteiger partial charge on any atom is 0.251 e. The van der Waals surface area contributed by atoms with Crippen molar-refractivity contribution >= 4 is 28.8 Å². The zero-order chi connectivity index (χ0) is 13.0. The summed E-state index contributed by atoms with van der Waals surface area (Å²) in [5.41, 5.74) is 0.530. The molecule has 0 spiro atoms. The summed E-state index contributed by atoms with van der Waals surface area (Å²) < 4.78 is 0. The molecule has 18 heavy (non-hydrogen) atoms. The van der Waals surface area contributed by atoms with Gasteiger partial charge in [0.15, 0.2) is 0 Å². The highest BCUT2D eigenvalue weighted by Gasteiger charge is 2.06. The van der Waals surface area contributed by atoms with E-state index in [2.05, 4.69) is 23.3 Å². The lowest BCUT2D eigenvalue weighted by molar-refractivity contribution is 0.0951. The molecule has 0 aliphatic heterocycles. The standard InChI is InChI=1S/C13H13ClN2OS/c1-2-10-3-4-11(18-10)8-16-13(17)9-5-6-15-12(14)7-9/h3-7H,2,8H2,1H3,(H,16,17). The van der Waals surface area contributed by atoms with Gasteiger partial charge in [-0.1, -0.05) is 18.5 Å². The number of aryl methyl sites for hydroxylation is 1. The molecule has 0 unspecified atom stereocenters. The Labute approximate surface area is 115 Å². The van der Waals surface area contributed by atoms with Gasteiger partial charge in [0.2, 0.25) is 0 Å². The SMILES string of the molecule is CCc1ccc(CNC(=O)c2ccnc(Cl)c2)s1. The van der Waals surface area contributed by atoms with Gasteiger partial charge in [-0.15, -0.1) is 11.3 Å². The smallest absolute Gasteiger partial charge is 0.251 e. The molecule has 0 aliphatic carbocycles. The first kappa shape index (κ1) is 13.1. The van der Waals surface area contributed by atoms with Crippen molar-refractivity contribution in [1.82, 2.24) is 10.3 Å². The Morgan fingerprint density at radius 3 is 2.83 bits per heavy atom. The van der Waals surface area contributed by atoms with E-state index in [9.17, 15) is 4.79 Å². The first-order valence-corrected chi connectivity index (χ1v) is 6.86. The Bertz CT molecular complexity index is 553. The number of rotatable bonds is 4. The van der Waals surface area contributed by atoms with E-state index in [4.69, 9.17) is 11.6 Å². The van der Waals surface area contributed by atoms with Crippen molar-refractivity contribution < 1.29 is 4.79 Å². The molecule has 94 valence electrons. The molecule has 0 fully saturated rings. The highest BCUT2D eigenvalue weighted by atomic mass is 35.5. The molecule has 0 atom stereocenters. The number of hydrogen-bond donors (Lipinski definition) is 1. The fraction of sp³-hybridized carbons (Fsp3) is 0.231. The van der Waals surface area contributed by atoms with Gasteiger partial charge in [0.1, 0.15) is 5.15 Å². The Morgan fingerprint density at radius 1 is 1.39 bits per heavy atom. The molecule has 0 radical (unpaired) electrons. The van der Waals surface area contributed by atoms with Crippen LogP contribution in [0.2, 0.25) is 5.15 Å². The highest BCUT2D eigenvalue weighted by Crippen LogP contribution is 2.16. The van der Waals surface area contributed by atoms with Crippen LogP contribution >= 0.6 is 22.9 Å². The number of halogens is 1. The van der Waals surface area contributed by atoms with E-state index in [1.165, 1.54) is 11.1 Å². The van der Waals surface area contributed by atoms with E-state index in [1.807, 2.05) is 6.07 Å². The van der Waals surface area contributed by atoms with Crippen LogP contribution in [0.3, 0.4) is 0 Å². The number of pyridine rings is 1. The van der Waals surface area contributed by atoms with Gasteiger partial charge in [-0.05, 0) is 30.7 Å². The van der Waals surface area contributed by atoms with E-state index in [0.29, 0.717) is 17.3 Å². The maximum absolute atomic E-state index is 11.9. The van der Waals surface area contributed by atoms with Crippen molar-refractivity contribution in [3.05, 3.63) is 50.9 Å². The normalized spacial score (nSPS) is 10.3. The Hall–Kier alpha value is -1.39. The lowest BCUT2D eigenvalue weighted by Crippen LogP contribution is -2.22. The number of carbonyl (C=O) groups excluding carboxylic acids is 1. The van der Waals surface area contributed by atoms with Crippen LogP contribution in [0, 0.1) is 0 Å². The van der Waals surface area contributed by atoms with Crippen LogP contribution in [0.15, 0.2) is 30.5 Å². The van der Waals surface area contributed by atoms with Gasteiger partial charge >= 0.3 is 0 Å². The molecule has 0 aliphatic rings. The lowest BCUT2D eigenvalue weighted by Gasteiger charge is -2.03. The summed E-state index contributed by atoms with van der Waals surface area (Å²) in [6.07, 6.45) is 2.55. The van der Waals surface area contributed by atoms with Gasteiger partial charge in [-0.25, -0.2) is 4.98 Å². The van der Waals surface area contributed by atoms with E-state index in [0.717, 1.165) is 11.3 Å². The van der Waals surface area contributed by atoms with Gasteiger partial charge in [-0.2, -0.15) is 0 Å². The summed E-state index contributed by atoms with van der Waals surface area (Å²) in [6, 6.07) is 7.34. The van der Waals surface area contributed by atoms with E-state index in [-0.39, 0.29) is 5.91 Å². The Balaban J connectivity index is 1.96. The number of hydrogen-bond acceptors (Lipinski definition) is 3. The number of thiophene rings is 1. The van der Waals surface area contributed by atoms with Crippen LogP contribution in [-0.2, 0) is 13.0 Å². The van der Waals surface area contributed by atoms with Gasteiger partial charge < -0.3 is 5.32 Å². The number of carbonyl (C=O) groups is 1. The third-order valence-corrected chi connectivity index (χ3v) is 3.91. The Morgan fingerprint density at radius 2 is 2.17 bits per heavy atom. The number of nitrogens with zero attached hydrogens (tertiary/aromatic N) is 1. The Kier molecular flexibility index (Phi) is 4.33. The van der Waals surface area contributed by atoms with E-state index < -0.39 is 0 Å². The summed E-state index contributed by atoms with van der Waals surface area (Å²) in [4.78, 5) is 18.2. The molecule has 5 heteroatoms.